The molecule has 2 heterocycles. The van der Waals surface area contributed by atoms with Crippen LogP contribution in [0.1, 0.15) is 38.5 Å². The van der Waals surface area contributed by atoms with Gasteiger partial charge < -0.3 is 15.0 Å². The predicted octanol–water partition coefficient (Wildman–Crippen LogP) is 2.51. The lowest BCUT2D eigenvalue weighted by atomic mass is 9.98. The number of piperazine rings is 1. The highest BCUT2D eigenvalue weighted by molar-refractivity contribution is 6.32. The number of benzene rings is 1. The number of carbonyl (C=O) groups is 3. The van der Waals surface area contributed by atoms with E-state index in [0.717, 1.165) is 45.3 Å². The first-order valence-corrected chi connectivity index (χ1v) is 11.9. The lowest BCUT2D eigenvalue weighted by Crippen LogP contribution is -2.49. The fraction of sp³-hybridized carbons (Fsp3) is 0.609. The molecule has 0 atom stereocenters. The van der Waals surface area contributed by atoms with Crippen LogP contribution in [0.3, 0.4) is 0 Å². The minimum Gasteiger partial charge on any atom is -0.491 e. The Morgan fingerprint density at radius 2 is 1.78 bits per heavy atom. The van der Waals surface area contributed by atoms with Gasteiger partial charge in [-0.25, -0.2) is 4.79 Å². The van der Waals surface area contributed by atoms with Crippen LogP contribution in [-0.4, -0.2) is 84.0 Å². The van der Waals surface area contributed by atoms with Crippen LogP contribution >= 0.6 is 11.6 Å². The maximum absolute atomic E-state index is 12.7. The molecule has 0 bridgehead atoms. The Labute approximate surface area is 193 Å². The summed E-state index contributed by atoms with van der Waals surface area (Å²) in [5, 5.41) is 3.49. The molecule has 1 aromatic rings. The summed E-state index contributed by atoms with van der Waals surface area (Å²) in [5.41, 5.74) is -0.674. The van der Waals surface area contributed by atoms with Crippen LogP contribution in [0.25, 0.3) is 0 Å². The molecule has 9 heteroatoms. The van der Waals surface area contributed by atoms with E-state index in [-0.39, 0.29) is 17.8 Å². The number of rotatable bonds is 8. The van der Waals surface area contributed by atoms with E-state index in [1.807, 2.05) is 23.1 Å². The van der Waals surface area contributed by atoms with E-state index >= 15 is 0 Å². The third-order valence-corrected chi connectivity index (χ3v) is 7.01. The number of nitrogens with zero attached hydrogens (tertiary/aromatic N) is 3. The molecule has 1 aliphatic carbocycles. The maximum atomic E-state index is 12.7. The number of para-hydroxylation sites is 1. The average molecular weight is 463 g/mol. The molecule has 32 heavy (non-hydrogen) atoms. The number of nitrogens with one attached hydrogen (secondary N) is 1. The van der Waals surface area contributed by atoms with E-state index in [1.54, 1.807) is 6.07 Å². The normalized spacial score (nSPS) is 20.8. The van der Waals surface area contributed by atoms with Crippen molar-refractivity contribution in [1.82, 2.24) is 20.0 Å². The van der Waals surface area contributed by atoms with Gasteiger partial charge in [-0.2, -0.15) is 0 Å². The Kier molecular flexibility index (Phi) is 7.20. The molecule has 3 aliphatic rings. The van der Waals surface area contributed by atoms with Crippen molar-refractivity contribution in [1.29, 1.82) is 0 Å². The number of hydrogen-bond acceptors (Lipinski definition) is 5. The second-order valence-corrected chi connectivity index (χ2v) is 9.19. The Morgan fingerprint density at radius 1 is 1.06 bits per heavy atom. The fourth-order valence-electron chi connectivity index (χ4n) is 4.81. The topological polar surface area (TPSA) is 82.2 Å². The Balaban J connectivity index is 1.13. The number of carbonyl (C=O) groups excluding carboxylic acids is 3. The smallest absolute Gasteiger partial charge is 0.325 e. The van der Waals surface area contributed by atoms with Crippen molar-refractivity contribution in [2.24, 2.45) is 0 Å². The number of halogens is 1. The highest BCUT2D eigenvalue weighted by atomic mass is 35.5. The van der Waals surface area contributed by atoms with Gasteiger partial charge in [0.05, 0.1) is 5.02 Å². The van der Waals surface area contributed by atoms with Crippen molar-refractivity contribution in [3.63, 3.8) is 0 Å². The molecule has 0 aromatic heterocycles. The molecule has 1 N–H and O–H groups in total. The molecular weight excluding hydrogens is 432 g/mol. The van der Waals surface area contributed by atoms with Gasteiger partial charge in [0.1, 0.15) is 17.9 Å². The van der Waals surface area contributed by atoms with Gasteiger partial charge in [0, 0.05) is 45.7 Å². The van der Waals surface area contributed by atoms with Crippen molar-refractivity contribution in [3.05, 3.63) is 29.3 Å². The summed E-state index contributed by atoms with van der Waals surface area (Å²) in [5.74, 6) is 0.659. The van der Waals surface area contributed by atoms with Crippen LogP contribution in [0.2, 0.25) is 5.02 Å². The van der Waals surface area contributed by atoms with Crippen LogP contribution in [-0.2, 0) is 9.59 Å². The fourth-order valence-corrected chi connectivity index (χ4v) is 5.00. The van der Waals surface area contributed by atoms with Crippen LogP contribution in [0.15, 0.2) is 24.3 Å². The highest BCUT2D eigenvalue weighted by Gasteiger charge is 2.52. The summed E-state index contributed by atoms with van der Waals surface area (Å²) in [7, 11) is 0. The largest absolute Gasteiger partial charge is 0.491 e. The third kappa shape index (κ3) is 5.02. The predicted molar refractivity (Wildman–Crippen MR) is 121 cm³/mol. The standard InChI is InChI=1S/C23H31ClN4O4/c24-18-6-1-2-7-19(18)32-17-16-26-12-14-27(15-13-26)20(29)8-5-11-28-21(30)23(25-22(28)31)9-3-4-10-23/h1-2,6-7H,3-5,8-17H2,(H,25,31). The van der Waals surface area contributed by atoms with E-state index in [2.05, 4.69) is 10.2 Å². The van der Waals surface area contributed by atoms with Crippen LogP contribution in [0, 0.1) is 0 Å². The first-order valence-electron chi connectivity index (χ1n) is 11.5. The molecule has 4 amide bonds. The van der Waals surface area contributed by atoms with Gasteiger partial charge in [0.15, 0.2) is 0 Å². The molecule has 2 saturated heterocycles. The Hall–Kier alpha value is -2.32. The van der Waals surface area contributed by atoms with Crippen molar-refractivity contribution < 1.29 is 19.1 Å². The van der Waals surface area contributed by atoms with Gasteiger partial charge in [-0.15, -0.1) is 0 Å². The summed E-state index contributed by atoms with van der Waals surface area (Å²) in [6, 6.07) is 7.11. The Bertz CT molecular complexity index is 850. The van der Waals surface area contributed by atoms with Crippen molar-refractivity contribution in [2.45, 2.75) is 44.1 Å². The van der Waals surface area contributed by atoms with Crippen molar-refractivity contribution in [3.8, 4) is 5.75 Å². The molecule has 8 nitrogen and oxygen atoms in total. The zero-order valence-electron chi connectivity index (χ0n) is 18.4. The molecule has 174 valence electrons. The van der Waals surface area contributed by atoms with Crippen molar-refractivity contribution in [2.75, 3.05) is 45.9 Å². The van der Waals surface area contributed by atoms with Gasteiger partial charge in [0.25, 0.3) is 5.91 Å². The molecule has 0 unspecified atom stereocenters. The van der Waals surface area contributed by atoms with Gasteiger partial charge in [-0.05, 0) is 31.4 Å². The summed E-state index contributed by atoms with van der Waals surface area (Å²) in [4.78, 5) is 42.9. The van der Waals surface area contributed by atoms with E-state index in [1.165, 1.54) is 4.90 Å². The highest BCUT2D eigenvalue weighted by Crippen LogP contribution is 2.35. The van der Waals surface area contributed by atoms with Crippen LogP contribution < -0.4 is 10.1 Å². The number of amides is 4. The van der Waals surface area contributed by atoms with Crippen LogP contribution in [0.4, 0.5) is 4.79 Å². The first-order chi connectivity index (χ1) is 15.5. The second-order valence-electron chi connectivity index (χ2n) is 8.78. The summed E-state index contributed by atoms with van der Waals surface area (Å²) < 4.78 is 5.75. The third-order valence-electron chi connectivity index (χ3n) is 6.70. The van der Waals surface area contributed by atoms with Crippen LogP contribution in [0.5, 0.6) is 5.75 Å². The van der Waals surface area contributed by atoms with E-state index in [0.29, 0.717) is 49.9 Å². The van der Waals surface area contributed by atoms with E-state index < -0.39 is 5.54 Å². The van der Waals surface area contributed by atoms with Gasteiger partial charge >= 0.3 is 6.03 Å². The Morgan fingerprint density at radius 3 is 2.50 bits per heavy atom. The number of urea groups is 1. The zero-order chi connectivity index (χ0) is 22.6. The monoisotopic (exact) mass is 462 g/mol. The summed E-state index contributed by atoms with van der Waals surface area (Å²) in [6.45, 7) is 4.58. The summed E-state index contributed by atoms with van der Waals surface area (Å²) in [6.07, 6.45) is 4.23. The minimum absolute atomic E-state index is 0.0830. The molecule has 2 aliphatic heterocycles. The molecule has 0 radical (unpaired) electrons. The zero-order valence-corrected chi connectivity index (χ0v) is 19.1. The first kappa shape index (κ1) is 22.9. The van der Waals surface area contributed by atoms with E-state index in [4.69, 9.17) is 16.3 Å². The quantitative estimate of drug-likeness (QED) is 0.600. The molecule has 3 fully saturated rings. The number of ether oxygens (including phenoxy) is 1. The second kappa shape index (κ2) is 10.1. The molecule has 1 spiro atoms. The SMILES string of the molecule is O=C(CCCN1C(=O)NC2(CCCC2)C1=O)N1CCN(CCOc2ccccc2Cl)CC1. The van der Waals surface area contributed by atoms with E-state index in [9.17, 15) is 14.4 Å². The van der Waals surface area contributed by atoms with Gasteiger partial charge in [-0.1, -0.05) is 36.6 Å². The lowest BCUT2D eigenvalue weighted by molar-refractivity contribution is -0.134. The molecule has 4 rings (SSSR count). The molecular formula is C23H31ClN4O4. The lowest BCUT2D eigenvalue weighted by Gasteiger charge is -2.34. The molecule has 1 aromatic carbocycles. The molecule has 1 saturated carbocycles. The van der Waals surface area contributed by atoms with Gasteiger partial charge in [0.2, 0.25) is 5.91 Å². The maximum Gasteiger partial charge on any atom is 0.325 e. The van der Waals surface area contributed by atoms with Gasteiger partial charge in [-0.3, -0.25) is 19.4 Å². The van der Waals surface area contributed by atoms with Crippen molar-refractivity contribution >= 4 is 29.4 Å². The minimum atomic E-state index is -0.674. The number of imide groups is 1. The number of hydrogen-bond donors (Lipinski definition) is 1. The average Bonchev–Trinajstić information content (AvgIpc) is 3.35. The summed E-state index contributed by atoms with van der Waals surface area (Å²) >= 11 is 6.10.